The molecule has 5 heteroatoms. The maximum atomic E-state index is 11.5. The normalized spacial score (nSPS) is 16.9. The monoisotopic (exact) mass is 296 g/mol. The molecule has 112 valence electrons. The van der Waals surface area contributed by atoms with E-state index in [1.54, 1.807) is 0 Å². The highest BCUT2D eigenvalue weighted by Crippen LogP contribution is 2.33. The van der Waals surface area contributed by atoms with Crippen molar-refractivity contribution in [2.45, 2.75) is 25.4 Å². The Morgan fingerprint density at radius 3 is 2.50 bits per heavy atom. The molecule has 1 aromatic rings. The molecule has 0 heterocycles. The predicted molar refractivity (Wildman–Crippen MR) is 83.8 cm³/mol. The Hall–Kier alpha value is -1.07. The van der Waals surface area contributed by atoms with Gasteiger partial charge in [-0.25, -0.2) is 8.42 Å². The third-order valence-electron chi connectivity index (χ3n) is 3.70. The molecule has 2 rings (SSSR count). The zero-order valence-corrected chi connectivity index (χ0v) is 13.3. The lowest BCUT2D eigenvalue weighted by Gasteiger charge is -2.21. The fourth-order valence-electron chi connectivity index (χ4n) is 2.52. The molecule has 0 radical (unpaired) electrons. The zero-order chi connectivity index (χ0) is 14.8. The Morgan fingerprint density at radius 2 is 1.95 bits per heavy atom. The summed E-state index contributed by atoms with van der Waals surface area (Å²) in [5, 5.41) is 3.44. The van der Waals surface area contributed by atoms with Crippen LogP contribution in [0.25, 0.3) is 0 Å². The molecule has 20 heavy (non-hydrogen) atoms. The Labute approximate surface area is 122 Å². The van der Waals surface area contributed by atoms with Crippen molar-refractivity contribution >= 4 is 15.5 Å². The first kappa shape index (κ1) is 15.3. The number of sulfone groups is 1. The van der Waals surface area contributed by atoms with Crippen LogP contribution in [-0.2, 0) is 16.4 Å². The summed E-state index contributed by atoms with van der Waals surface area (Å²) in [7, 11) is 1.11. The molecule has 1 aliphatic rings. The summed E-state index contributed by atoms with van der Waals surface area (Å²) in [6.07, 6.45) is 3.60. The van der Waals surface area contributed by atoms with E-state index < -0.39 is 9.84 Å². The van der Waals surface area contributed by atoms with E-state index in [-0.39, 0.29) is 11.8 Å². The average Bonchev–Trinajstić information content (AvgIpc) is 3.17. The highest BCUT2D eigenvalue weighted by molar-refractivity contribution is 7.90. The smallest absolute Gasteiger partial charge is 0.148 e. The molecule has 0 amide bonds. The third-order valence-corrected chi connectivity index (χ3v) is 4.67. The van der Waals surface area contributed by atoms with Crippen LogP contribution < -0.4 is 10.2 Å². The summed E-state index contributed by atoms with van der Waals surface area (Å²) < 4.78 is 23.0. The van der Waals surface area contributed by atoms with Crippen LogP contribution in [0.5, 0.6) is 0 Å². The second kappa shape index (κ2) is 6.14. The lowest BCUT2D eigenvalue weighted by molar-refractivity contribution is 0.490. The van der Waals surface area contributed by atoms with Crippen molar-refractivity contribution in [1.29, 1.82) is 0 Å². The summed E-state index contributed by atoms with van der Waals surface area (Å²) in [6, 6.07) is 8.30. The van der Waals surface area contributed by atoms with Crippen LogP contribution >= 0.6 is 0 Å². The number of nitrogens with zero attached hydrogens (tertiary/aromatic N) is 1. The standard InChI is InChI=1S/C15H24N2O2S/c1-17(2)15-7-5-4-6-13(15)10-16-14(12-8-9-12)11-20(3,18)19/h4-7,12,14,16H,8-11H2,1-3H3/t14-/m1/s1. The molecule has 0 bridgehead atoms. The minimum Gasteiger partial charge on any atom is -0.377 e. The molecule has 1 fully saturated rings. The van der Waals surface area contributed by atoms with E-state index in [9.17, 15) is 8.42 Å². The van der Waals surface area contributed by atoms with Crippen LogP contribution in [0, 0.1) is 5.92 Å². The van der Waals surface area contributed by atoms with Crippen molar-refractivity contribution in [1.82, 2.24) is 5.32 Å². The van der Waals surface area contributed by atoms with Crippen LogP contribution in [0.2, 0.25) is 0 Å². The lowest BCUT2D eigenvalue weighted by Crippen LogP contribution is -2.37. The van der Waals surface area contributed by atoms with Crippen molar-refractivity contribution in [3.8, 4) is 0 Å². The van der Waals surface area contributed by atoms with Gasteiger partial charge in [0.05, 0.1) is 5.75 Å². The van der Waals surface area contributed by atoms with Gasteiger partial charge in [-0.3, -0.25) is 0 Å². The number of rotatable bonds is 7. The first-order valence-corrected chi connectivity index (χ1v) is 9.09. The zero-order valence-electron chi connectivity index (χ0n) is 12.5. The molecular weight excluding hydrogens is 272 g/mol. The number of anilines is 1. The summed E-state index contributed by atoms with van der Waals surface area (Å²) in [4.78, 5) is 2.08. The SMILES string of the molecule is CN(C)c1ccccc1CN[C@H](CS(C)(=O)=O)C1CC1. The van der Waals surface area contributed by atoms with Gasteiger partial charge in [0.2, 0.25) is 0 Å². The van der Waals surface area contributed by atoms with Gasteiger partial charge in [-0.1, -0.05) is 18.2 Å². The van der Waals surface area contributed by atoms with E-state index in [2.05, 4.69) is 22.3 Å². The van der Waals surface area contributed by atoms with Crippen LogP contribution in [0.1, 0.15) is 18.4 Å². The molecule has 4 nitrogen and oxygen atoms in total. The largest absolute Gasteiger partial charge is 0.377 e. The number of para-hydroxylation sites is 1. The molecule has 1 saturated carbocycles. The van der Waals surface area contributed by atoms with Gasteiger partial charge in [-0.15, -0.1) is 0 Å². The second-order valence-electron chi connectivity index (χ2n) is 5.94. The highest BCUT2D eigenvalue weighted by Gasteiger charge is 2.33. The van der Waals surface area contributed by atoms with Gasteiger partial charge in [0.15, 0.2) is 0 Å². The molecule has 0 unspecified atom stereocenters. The summed E-state index contributed by atoms with van der Waals surface area (Å²) in [5.41, 5.74) is 2.38. The topological polar surface area (TPSA) is 49.4 Å². The maximum Gasteiger partial charge on any atom is 0.148 e. The van der Waals surface area contributed by atoms with Crippen molar-refractivity contribution in [2.75, 3.05) is 31.0 Å². The summed E-state index contributed by atoms with van der Waals surface area (Å²) in [5.74, 6) is 0.762. The van der Waals surface area contributed by atoms with Crippen LogP contribution in [0.3, 0.4) is 0 Å². The average molecular weight is 296 g/mol. The Morgan fingerprint density at radius 1 is 1.30 bits per heavy atom. The van der Waals surface area contributed by atoms with E-state index >= 15 is 0 Å². The molecular formula is C15H24N2O2S. The molecule has 0 aromatic heterocycles. The van der Waals surface area contributed by atoms with Crippen LogP contribution in [0.15, 0.2) is 24.3 Å². The van der Waals surface area contributed by atoms with E-state index in [1.807, 2.05) is 26.2 Å². The molecule has 1 aromatic carbocycles. The maximum absolute atomic E-state index is 11.5. The van der Waals surface area contributed by atoms with Crippen molar-refractivity contribution in [3.05, 3.63) is 29.8 Å². The number of nitrogens with one attached hydrogen (secondary N) is 1. The molecule has 0 saturated heterocycles. The van der Waals surface area contributed by atoms with Gasteiger partial charge in [0, 0.05) is 38.6 Å². The number of hydrogen-bond acceptors (Lipinski definition) is 4. The van der Waals surface area contributed by atoms with E-state index in [0.29, 0.717) is 12.5 Å². The van der Waals surface area contributed by atoms with Crippen molar-refractivity contribution < 1.29 is 8.42 Å². The quantitative estimate of drug-likeness (QED) is 0.831. The van der Waals surface area contributed by atoms with Gasteiger partial charge < -0.3 is 10.2 Å². The Bertz CT molecular complexity index is 551. The van der Waals surface area contributed by atoms with Crippen molar-refractivity contribution in [2.24, 2.45) is 5.92 Å². The number of benzene rings is 1. The second-order valence-corrected chi connectivity index (χ2v) is 8.13. The van der Waals surface area contributed by atoms with Gasteiger partial charge in [0.1, 0.15) is 9.84 Å². The predicted octanol–water partition coefficient (Wildman–Crippen LogP) is 1.67. The van der Waals surface area contributed by atoms with E-state index in [0.717, 1.165) is 12.8 Å². The first-order valence-electron chi connectivity index (χ1n) is 7.03. The highest BCUT2D eigenvalue weighted by atomic mass is 32.2. The van der Waals surface area contributed by atoms with Crippen LogP contribution in [-0.4, -0.2) is 40.6 Å². The van der Waals surface area contributed by atoms with Crippen LogP contribution in [0.4, 0.5) is 5.69 Å². The molecule has 1 aliphatic carbocycles. The Balaban J connectivity index is 2.02. The fraction of sp³-hybridized carbons (Fsp3) is 0.600. The molecule has 0 spiro atoms. The first-order chi connectivity index (χ1) is 9.37. The summed E-state index contributed by atoms with van der Waals surface area (Å²) >= 11 is 0. The molecule has 1 atom stereocenters. The molecule has 0 aliphatic heterocycles. The van der Waals surface area contributed by atoms with Gasteiger partial charge in [-0.2, -0.15) is 0 Å². The Kier molecular flexibility index (Phi) is 4.70. The van der Waals surface area contributed by atoms with Gasteiger partial charge in [-0.05, 0) is 30.4 Å². The number of hydrogen-bond donors (Lipinski definition) is 1. The fourth-order valence-corrected chi connectivity index (χ4v) is 3.57. The van der Waals surface area contributed by atoms with E-state index in [4.69, 9.17) is 0 Å². The third kappa shape index (κ3) is 4.49. The minimum atomic E-state index is -2.93. The molecule has 1 N–H and O–H groups in total. The van der Waals surface area contributed by atoms with Crippen molar-refractivity contribution in [3.63, 3.8) is 0 Å². The minimum absolute atomic E-state index is 0.0835. The lowest BCUT2D eigenvalue weighted by atomic mass is 10.1. The van der Waals surface area contributed by atoms with Gasteiger partial charge in [0.25, 0.3) is 0 Å². The van der Waals surface area contributed by atoms with Gasteiger partial charge >= 0.3 is 0 Å². The van der Waals surface area contributed by atoms with E-state index in [1.165, 1.54) is 17.5 Å². The summed E-state index contributed by atoms with van der Waals surface area (Å²) in [6.45, 7) is 0.713.